The van der Waals surface area contributed by atoms with Crippen molar-refractivity contribution in [2.75, 3.05) is 12.4 Å². The van der Waals surface area contributed by atoms with Crippen molar-refractivity contribution < 1.29 is 9.47 Å². The summed E-state index contributed by atoms with van der Waals surface area (Å²) in [6.07, 6.45) is 5.13. The van der Waals surface area contributed by atoms with Crippen LogP contribution >= 0.6 is 0 Å². The van der Waals surface area contributed by atoms with Gasteiger partial charge in [-0.3, -0.25) is 0 Å². The molecule has 1 fully saturated rings. The van der Waals surface area contributed by atoms with E-state index in [2.05, 4.69) is 42.6 Å². The molecule has 1 saturated carbocycles. The number of para-hydroxylation sites is 2. The zero-order chi connectivity index (χ0) is 16.1. The molecule has 0 heterocycles. The van der Waals surface area contributed by atoms with Gasteiger partial charge in [0.2, 0.25) is 0 Å². The maximum Gasteiger partial charge on any atom is 0.166 e. The second-order valence-corrected chi connectivity index (χ2v) is 6.14. The van der Waals surface area contributed by atoms with Gasteiger partial charge in [-0.25, -0.2) is 0 Å². The van der Waals surface area contributed by atoms with Crippen LogP contribution in [-0.4, -0.2) is 13.2 Å². The summed E-state index contributed by atoms with van der Waals surface area (Å²) >= 11 is 0. The minimum Gasteiger partial charge on any atom is -0.493 e. The zero-order valence-electron chi connectivity index (χ0n) is 14.0. The van der Waals surface area contributed by atoms with Gasteiger partial charge < -0.3 is 14.8 Å². The zero-order valence-corrected chi connectivity index (χ0v) is 14.0. The number of aryl methyl sites for hydroxylation is 1. The number of benzene rings is 2. The molecule has 0 radical (unpaired) electrons. The molecule has 0 aromatic heterocycles. The first kappa shape index (κ1) is 15.7. The predicted molar refractivity (Wildman–Crippen MR) is 94.4 cm³/mol. The minimum absolute atomic E-state index is 0.323. The number of methoxy groups -OCH3 is 1. The highest BCUT2D eigenvalue weighted by Crippen LogP contribution is 2.35. The summed E-state index contributed by atoms with van der Waals surface area (Å²) in [7, 11) is 1.70. The van der Waals surface area contributed by atoms with Crippen LogP contribution in [-0.2, 0) is 6.54 Å². The molecule has 0 aliphatic heterocycles. The van der Waals surface area contributed by atoms with Crippen LogP contribution in [0.1, 0.15) is 36.8 Å². The Kier molecular flexibility index (Phi) is 5.06. The topological polar surface area (TPSA) is 30.5 Å². The summed E-state index contributed by atoms with van der Waals surface area (Å²) in [4.78, 5) is 0. The molecule has 122 valence electrons. The molecule has 3 rings (SSSR count). The summed E-state index contributed by atoms with van der Waals surface area (Å²) in [5, 5.41) is 3.51. The van der Waals surface area contributed by atoms with E-state index in [0.717, 1.165) is 42.1 Å². The third-order valence-electron chi connectivity index (χ3n) is 4.48. The molecule has 0 saturated heterocycles. The molecule has 0 atom stereocenters. The number of rotatable bonds is 6. The van der Waals surface area contributed by atoms with Gasteiger partial charge in [-0.1, -0.05) is 30.3 Å². The van der Waals surface area contributed by atoms with Gasteiger partial charge in [-0.15, -0.1) is 0 Å². The van der Waals surface area contributed by atoms with Crippen molar-refractivity contribution in [3.05, 3.63) is 53.6 Å². The Bertz CT molecular complexity index is 648. The monoisotopic (exact) mass is 311 g/mol. The van der Waals surface area contributed by atoms with Gasteiger partial charge in [-0.05, 0) is 50.3 Å². The quantitative estimate of drug-likeness (QED) is 0.820. The highest BCUT2D eigenvalue weighted by Gasteiger charge is 2.20. The van der Waals surface area contributed by atoms with Crippen molar-refractivity contribution in [3.63, 3.8) is 0 Å². The number of nitrogens with one attached hydrogen (secondary N) is 1. The van der Waals surface area contributed by atoms with E-state index in [0.29, 0.717) is 6.10 Å². The number of hydrogen-bond acceptors (Lipinski definition) is 3. The Morgan fingerprint density at radius 3 is 2.57 bits per heavy atom. The average molecular weight is 311 g/mol. The first-order valence-electron chi connectivity index (χ1n) is 8.40. The molecule has 2 aromatic rings. The van der Waals surface area contributed by atoms with E-state index >= 15 is 0 Å². The highest BCUT2D eigenvalue weighted by molar-refractivity contribution is 5.53. The fourth-order valence-corrected chi connectivity index (χ4v) is 3.13. The Balaban J connectivity index is 1.78. The van der Waals surface area contributed by atoms with Crippen LogP contribution in [0, 0.1) is 6.92 Å². The summed E-state index contributed by atoms with van der Waals surface area (Å²) in [5.74, 6) is 1.71. The highest BCUT2D eigenvalue weighted by atomic mass is 16.5. The van der Waals surface area contributed by atoms with Crippen molar-refractivity contribution in [3.8, 4) is 11.5 Å². The van der Waals surface area contributed by atoms with Gasteiger partial charge in [0.15, 0.2) is 11.5 Å². The molecule has 1 N–H and O–H groups in total. The van der Waals surface area contributed by atoms with Crippen LogP contribution in [0.4, 0.5) is 5.69 Å². The fourth-order valence-electron chi connectivity index (χ4n) is 3.13. The maximum atomic E-state index is 6.28. The van der Waals surface area contributed by atoms with Gasteiger partial charge in [-0.2, -0.15) is 0 Å². The second-order valence-electron chi connectivity index (χ2n) is 6.14. The van der Waals surface area contributed by atoms with Crippen LogP contribution in [0.3, 0.4) is 0 Å². The van der Waals surface area contributed by atoms with Gasteiger partial charge in [0.05, 0.1) is 13.2 Å². The lowest BCUT2D eigenvalue weighted by molar-refractivity contribution is 0.199. The largest absolute Gasteiger partial charge is 0.493 e. The Labute approximate surface area is 138 Å². The van der Waals surface area contributed by atoms with Crippen LogP contribution < -0.4 is 14.8 Å². The molecule has 0 spiro atoms. The Hall–Kier alpha value is -2.16. The molecule has 0 bridgehead atoms. The van der Waals surface area contributed by atoms with Gasteiger partial charge >= 0.3 is 0 Å². The van der Waals surface area contributed by atoms with E-state index in [-0.39, 0.29) is 0 Å². The van der Waals surface area contributed by atoms with E-state index < -0.39 is 0 Å². The Morgan fingerprint density at radius 1 is 1.04 bits per heavy atom. The van der Waals surface area contributed by atoms with E-state index in [1.165, 1.54) is 18.4 Å². The lowest BCUT2D eigenvalue weighted by Gasteiger charge is -2.20. The van der Waals surface area contributed by atoms with Crippen LogP contribution in [0.15, 0.2) is 42.5 Å². The standard InChI is InChI=1S/C20H25NO2/c1-15-8-3-6-12-18(15)21-14-16-9-7-13-19(22-2)20(16)23-17-10-4-5-11-17/h3,6-9,12-13,17,21H,4-5,10-11,14H2,1-2H3. The lowest BCUT2D eigenvalue weighted by Crippen LogP contribution is -2.14. The first-order chi connectivity index (χ1) is 11.3. The third-order valence-corrected chi connectivity index (χ3v) is 4.48. The summed E-state index contributed by atoms with van der Waals surface area (Å²) < 4.78 is 11.8. The first-order valence-corrected chi connectivity index (χ1v) is 8.40. The van der Waals surface area contributed by atoms with Crippen LogP contribution in [0.5, 0.6) is 11.5 Å². The Morgan fingerprint density at radius 2 is 1.83 bits per heavy atom. The van der Waals surface area contributed by atoms with Gasteiger partial charge in [0, 0.05) is 17.8 Å². The van der Waals surface area contributed by atoms with E-state index in [1.807, 2.05) is 12.1 Å². The summed E-state index contributed by atoms with van der Waals surface area (Å²) in [5.41, 5.74) is 3.54. The maximum absolute atomic E-state index is 6.28. The van der Waals surface area contributed by atoms with Crippen molar-refractivity contribution in [2.24, 2.45) is 0 Å². The van der Waals surface area contributed by atoms with Crippen molar-refractivity contribution in [1.29, 1.82) is 0 Å². The summed E-state index contributed by atoms with van der Waals surface area (Å²) in [6, 6.07) is 14.4. The number of ether oxygens (including phenoxy) is 2. The number of anilines is 1. The van der Waals surface area contributed by atoms with Gasteiger partial charge in [0.1, 0.15) is 0 Å². The van der Waals surface area contributed by atoms with E-state index in [1.54, 1.807) is 7.11 Å². The SMILES string of the molecule is COc1cccc(CNc2ccccc2C)c1OC1CCCC1. The predicted octanol–water partition coefficient (Wildman–Crippen LogP) is 4.94. The van der Waals surface area contributed by atoms with Crippen LogP contribution in [0.25, 0.3) is 0 Å². The molecule has 3 nitrogen and oxygen atoms in total. The van der Waals surface area contributed by atoms with Crippen LogP contribution in [0.2, 0.25) is 0 Å². The van der Waals surface area contributed by atoms with E-state index in [9.17, 15) is 0 Å². The molecule has 0 unspecified atom stereocenters. The van der Waals surface area contributed by atoms with E-state index in [4.69, 9.17) is 9.47 Å². The minimum atomic E-state index is 0.323. The molecule has 3 heteroatoms. The third kappa shape index (κ3) is 3.79. The molecule has 23 heavy (non-hydrogen) atoms. The van der Waals surface area contributed by atoms with Crippen molar-refractivity contribution in [1.82, 2.24) is 0 Å². The average Bonchev–Trinajstić information content (AvgIpc) is 3.08. The molecule has 2 aromatic carbocycles. The molecule has 1 aliphatic rings. The number of hydrogen-bond donors (Lipinski definition) is 1. The fraction of sp³-hybridized carbons (Fsp3) is 0.400. The van der Waals surface area contributed by atoms with Crippen molar-refractivity contribution >= 4 is 5.69 Å². The summed E-state index contributed by atoms with van der Waals surface area (Å²) in [6.45, 7) is 2.84. The smallest absolute Gasteiger partial charge is 0.166 e. The van der Waals surface area contributed by atoms with Crippen molar-refractivity contribution in [2.45, 2.75) is 45.3 Å². The lowest BCUT2D eigenvalue weighted by atomic mass is 10.1. The second kappa shape index (κ2) is 7.40. The molecular formula is C20H25NO2. The van der Waals surface area contributed by atoms with Gasteiger partial charge in [0.25, 0.3) is 0 Å². The molecule has 1 aliphatic carbocycles. The normalized spacial score (nSPS) is 14.7. The molecule has 0 amide bonds. The molecular weight excluding hydrogens is 286 g/mol.